The average molecular weight is 447 g/mol. The van der Waals surface area contributed by atoms with Crippen molar-refractivity contribution in [3.63, 3.8) is 0 Å². The van der Waals surface area contributed by atoms with Gasteiger partial charge in [-0.3, -0.25) is 5.43 Å². The summed E-state index contributed by atoms with van der Waals surface area (Å²) in [7, 11) is 0. The molecule has 4 rings (SSSR count). The molecule has 0 amide bonds. The second-order valence-electron chi connectivity index (χ2n) is 8.19. The van der Waals surface area contributed by atoms with Gasteiger partial charge in [-0.1, -0.05) is 56.5 Å². The molecule has 1 aliphatic carbocycles. The minimum atomic E-state index is 0.328. The highest BCUT2D eigenvalue weighted by Gasteiger charge is 2.33. The van der Waals surface area contributed by atoms with E-state index in [9.17, 15) is 0 Å². The van der Waals surface area contributed by atoms with Gasteiger partial charge in [0.25, 0.3) is 0 Å². The number of thiophene rings is 1. The molecule has 0 aliphatic heterocycles. The van der Waals surface area contributed by atoms with E-state index in [2.05, 4.69) is 41.3 Å². The SMILES string of the molecule is CCC(C)(C)C1CCc2sc3ncnc(N/N=C/c4c(Cl)cccc4Cl)c3c2C1. The van der Waals surface area contributed by atoms with E-state index < -0.39 is 0 Å². The molecule has 0 saturated heterocycles. The Balaban J connectivity index is 1.66. The van der Waals surface area contributed by atoms with Crippen LogP contribution < -0.4 is 5.43 Å². The Bertz CT molecular complexity index is 1050. The molecular formula is C22H24Cl2N4S. The van der Waals surface area contributed by atoms with Gasteiger partial charge in [-0.05, 0) is 48.3 Å². The van der Waals surface area contributed by atoms with Crippen LogP contribution in [0.25, 0.3) is 10.2 Å². The Morgan fingerprint density at radius 2 is 2.03 bits per heavy atom. The molecule has 1 unspecified atom stereocenters. The van der Waals surface area contributed by atoms with Gasteiger partial charge in [-0.25, -0.2) is 9.97 Å². The van der Waals surface area contributed by atoms with Crippen molar-refractivity contribution in [2.24, 2.45) is 16.4 Å². The molecule has 7 heteroatoms. The molecule has 1 aromatic carbocycles. The Labute approximate surface area is 185 Å². The minimum absolute atomic E-state index is 0.328. The molecule has 3 aromatic rings. The molecule has 152 valence electrons. The highest BCUT2D eigenvalue weighted by atomic mass is 35.5. The second-order valence-corrected chi connectivity index (χ2v) is 10.1. The highest BCUT2D eigenvalue weighted by Crippen LogP contribution is 2.45. The van der Waals surface area contributed by atoms with E-state index in [-0.39, 0.29) is 0 Å². The van der Waals surface area contributed by atoms with Gasteiger partial charge in [0.05, 0.1) is 21.6 Å². The summed E-state index contributed by atoms with van der Waals surface area (Å²) in [6.07, 6.45) is 7.83. The quantitative estimate of drug-likeness (QED) is 0.339. The predicted molar refractivity (Wildman–Crippen MR) is 125 cm³/mol. The molecule has 1 atom stereocenters. The molecule has 1 aliphatic rings. The molecule has 2 aromatic heterocycles. The van der Waals surface area contributed by atoms with E-state index >= 15 is 0 Å². The second kappa shape index (κ2) is 8.21. The van der Waals surface area contributed by atoms with Crippen molar-refractivity contribution in [2.45, 2.75) is 46.5 Å². The first-order chi connectivity index (χ1) is 13.9. The van der Waals surface area contributed by atoms with Gasteiger partial charge in [0.2, 0.25) is 0 Å². The van der Waals surface area contributed by atoms with Gasteiger partial charge in [0.15, 0.2) is 5.82 Å². The molecule has 29 heavy (non-hydrogen) atoms. The first-order valence-corrected chi connectivity index (χ1v) is 11.5. The van der Waals surface area contributed by atoms with Gasteiger partial charge in [0.1, 0.15) is 11.2 Å². The summed E-state index contributed by atoms with van der Waals surface area (Å²) in [6.45, 7) is 7.04. The summed E-state index contributed by atoms with van der Waals surface area (Å²) < 4.78 is 0. The van der Waals surface area contributed by atoms with E-state index in [4.69, 9.17) is 23.2 Å². The number of nitrogens with one attached hydrogen (secondary N) is 1. The number of hydrogen-bond donors (Lipinski definition) is 1. The van der Waals surface area contributed by atoms with Crippen molar-refractivity contribution in [3.05, 3.63) is 50.6 Å². The maximum Gasteiger partial charge on any atom is 0.158 e. The minimum Gasteiger partial charge on any atom is -0.261 e. The van der Waals surface area contributed by atoms with Crippen molar-refractivity contribution in [2.75, 3.05) is 5.43 Å². The van der Waals surface area contributed by atoms with Gasteiger partial charge in [-0.2, -0.15) is 5.10 Å². The lowest BCUT2D eigenvalue weighted by atomic mass is 9.69. The van der Waals surface area contributed by atoms with E-state index in [1.807, 2.05) is 6.07 Å². The summed E-state index contributed by atoms with van der Waals surface area (Å²) in [5.74, 6) is 1.40. The lowest BCUT2D eigenvalue weighted by molar-refractivity contribution is 0.184. The summed E-state index contributed by atoms with van der Waals surface area (Å²) in [5, 5.41) is 6.60. The van der Waals surface area contributed by atoms with Gasteiger partial charge < -0.3 is 0 Å². The summed E-state index contributed by atoms with van der Waals surface area (Å²) >= 11 is 14.2. The summed E-state index contributed by atoms with van der Waals surface area (Å²) in [4.78, 5) is 11.5. The molecule has 4 nitrogen and oxygen atoms in total. The Morgan fingerprint density at radius 3 is 2.76 bits per heavy atom. The monoisotopic (exact) mass is 446 g/mol. The topological polar surface area (TPSA) is 50.2 Å². The Hall–Kier alpha value is -1.69. The maximum absolute atomic E-state index is 6.23. The Morgan fingerprint density at radius 1 is 1.28 bits per heavy atom. The van der Waals surface area contributed by atoms with E-state index in [1.165, 1.54) is 23.3 Å². The lowest BCUT2D eigenvalue weighted by Gasteiger charge is -2.36. The van der Waals surface area contributed by atoms with Crippen molar-refractivity contribution < 1.29 is 0 Å². The van der Waals surface area contributed by atoms with Crippen LogP contribution in [0.5, 0.6) is 0 Å². The number of nitrogens with zero attached hydrogens (tertiary/aromatic N) is 3. The van der Waals surface area contributed by atoms with Gasteiger partial charge in [-0.15, -0.1) is 11.3 Å². The number of rotatable bonds is 5. The largest absolute Gasteiger partial charge is 0.261 e. The first kappa shape index (κ1) is 20.6. The fourth-order valence-electron chi connectivity index (χ4n) is 3.94. The first-order valence-electron chi connectivity index (χ1n) is 9.89. The third kappa shape index (κ3) is 4.00. The molecule has 0 spiro atoms. The van der Waals surface area contributed by atoms with Crippen molar-refractivity contribution in [3.8, 4) is 0 Å². The third-order valence-corrected chi connectivity index (χ3v) is 8.08. The zero-order valence-corrected chi connectivity index (χ0v) is 19.1. The standard InChI is InChI=1S/C22H24Cl2N4S/c1-4-22(2,3)13-8-9-18-14(10-13)19-20(25-12-26-21(19)29-18)28-27-11-15-16(23)6-5-7-17(15)24/h5-7,11-13H,4,8-10H2,1-3H3,(H,25,26,28)/b27-11+. The van der Waals surface area contributed by atoms with Gasteiger partial charge in [0, 0.05) is 10.4 Å². The number of fused-ring (bicyclic) bond motifs is 3. The zero-order chi connectivity index (χ0) is 20.6. The van der Waals surface area contributed by atoms with E-state index in [0.29, 0.717) is 26.9 Å². The Kier molecular flexibility index (Phi) is 5.83. The molecular weight excluding hydrogens is 423 g/mol. The molecule has 1 N–H and O–H groups in total. The normalized spacial score (nSPS) is 17.1. The lowest BCUT2D eigenvalue weighted by Crippen LogP contribution is -2.28. The summed E-state index contributed by atoms with van der Waals surface area (Å²) in [6, 6.07) is 5.40. The van der Waals surface area contributed by atoms with Crippen molar-refractivity contribution in [1.82, 2.24) is 9.97 Å². The number of anilines is 1. The third-order valence-electron chi connectivity index (χ3n) is 6.22. The fourth-order valence-corrected chi connectivity index (χ4v) is 5.62. The molecule has 2 heterocycles. The van der Waals surface area contributed by atoms with Crippen LogP contribution in [0.15, 0.2) is 29.6 Å². The number of benzene rings is 1. The van der Waals surface area contributed by atoms with Crippen LogP contribution in [0.2, 0.25) is 10.0 Å². The average Bonchev–Trinajstić information content (AvgIpc) is 3.08. The van der Waals surface area contributed by atoms with Crippen LogP contribution in [0.4, 0.5) is 5.82 Å². The van der Waals surface area contributed by atoms with Crippen molar-refractivity contribution >= 4 is 56.8 Å². The van der Waals surface area contributed by atoms with Crippen LogP contribution in [0.3, 0.4) is 0 Å². The number of hydrazone groups is 1. The smallest absolute Gasteiger partial charge is 0.158 e. The number of halogens is 2. The number of aromatic nitrogens is 2. The van der Waals surface area contributed by atoms with E-state index in [1.54, 1.807) is 36.0 Å². The summed E-state index contributed by atoms with van der Waals surface area (Å²) in [5.41, 5.74) is 5.50. The molecule has 0 bridgehead atoms. The van der Waals surface area contributed by atoms with Crippen LogP contribution in [0, 0.1) is 11.3 Å². The highest BCUT2D eigenvalue weighted by molar-refractivity contribution is 7.19. The van der Waals surface area contributed by atoms with Crippen LogP contribution >= 0.6 is 34.5 Å². The fraction of sp³-hybridized carbons (Fsp3) is 0.409. The number of hydrogen-bond acceptors (Lipinski definition) is 5. The predicted octanol–water partition coefficient (Wildman–Crippen LogP) is 6.99. The zero-order valence-electron chi connectivity index (χ0n) is 16.8. The molecule has 0 fully saturated rings. The maximum atomic E-state index is 6.23. The van der Waals surface area contributed by atoms with Crippen molar-refractivity contribution in [1.29, 1.82) is 0 Å². The van der Waals surface area contributed by atoms with Gasteiger partial charge >= 0.3 is 0 Å². The van der Waals surface area contributed by atoms with Crippen LogP contribution in [-0.2, 0) is 12.8 Å². The van der Waals surface area contributed by atoms with Crippen LogP contribution in [-0.4, -0.2) is 16.2 Å². The molecule has 0 saturated carbocycles. The van der Waals surface area contributed by atoms with E-state index in [0.717, 1.165) is 28.9 Å². The number of aryl methyl sites for hydroxylation is 1. The molecule has 0 radical (unpaired) electrons. The van der Waals surface area contributed by atoms with Crippen LogP contribution in [0.1, 0.15) is 49.6 Å².